The van der Waals surface area contributed by atoms with Crippen LogP contribution >= 0.6 is 0 Å². The predicted molar refractivity (Wildman–Crippen MR) is 87.2 cm³/mol. The van der Waals surface area contributed by atoms with Crippen molar-refractivity contribution in [3.05, 3.63) is 71.3 Å². The molecule has 0 saturated heterocycles. The van der Waals surface area contributed by atoms with E-state index in [9.17, 15) is 0 Å². The highest BCUT2D eigenvalue weighted by Gasteiger charge is 2.12. The summed E-state index contributed by atoms with van der Waals surface area (Å²) in [4.78, 5) is 0. The lowest BCUT2D eigenvalue weighted by molar-refractivity contribution is 0.576. The summed E-state index contributed by atoms with van der Waals surface area (Å²) in [7, 11) is 0. The van der Waals surface area contributed by atoms with Gasteiger partial charge in [0.15, 0.2) is 0 Å². The van der Waals surface area contributed by atoms with Crippen molar-refractivity contribution in [3.8, 4) is 0 Å². The molecule has 1 unspecified atom stereocenters. The highest BCUT2D eigenvalue weighted by molar-refractivity contribution is 5.29. The molecule has 0 fully saturated rings. The standard InChI is InChI=1S/C19H25N/c1-3-13-20-15-19(17-10-5-4-6-11-17)14-18-12-8-7-9-16(18)2/h4-12,19-20H,3,13-15H2,1-2H3. The average molecular weight is 267 g/mol. The summed E-state index contributed by atoms with van der Waals surface area (Å²) >= 11 is 0. The zero-order valence-electron chi connectivity index (χ0n) is 12.6. The Kier molecular flexibility index (Phi) is 5.82. The van der Waals surface area contributed by atoms with Gasteiger partial charge in [-0.15, -0.1) is 0 Å². The Labute approximate surface area is 123 Å². The molecule has 20 heavy (non-hydrogen) atoms. The fourth-order valence-electron chi connectivity index (χ4n) is 2.59. The number of hydrogen-bond acceptors (Lipinski definition) is 1. The van der Waals surface area contributed by atoms with E-state index < -0.39 is 0 Å². The lowest BCUT2D eigenvalue weighted by Gasteiger charge is -2.19. The third-order valence-corrected chi connectivity index (χ3v) is 3.82. The van der Waals surface area contributed by atoms with Crippen molar-refractivity contribution in [1.29, 1.82) is 0 Å². The Bertz CT molecular complexity index is 504. The van der Waals surface area contributed by atoms with Crippen LogP contribution in [0.3, 0.4) is 0 Å². The van der Waals surface area contributed by atoms with Crippen LogP contribution in [0.15, 0.2) is 54.6 Å². The molecule has 0 heterocycles. The molecule has 0 spiro atoms. The molecule has 1 heteroatoms. The maximum Gasteiger partial charge on any atom is 0.00233 e. The molecule has 2 aromatic rings. The fraction of sp³-hybridized carbons (Fsp3) is 0.368. The highest BCUT2D eigenvalue weighted by Crippen LogP contribution is 2.22. The summed E-state index contributed by atoms with van der Waals surface area (Å²) in [5.41, 5.74) is 4.28. The molecular formula is C19H25N. The van der Waals surface area contributed by atoms with Crippen LogP contribution in [0.4, 0.5) is 0 Å². The molecule has 0 saturated carbocycles. The molecule has 0 aliphatic heterocycles. The quantitative estimate of drug-likeness (QED) is 0.737. The number of aryl methyl sites for hydroxylation is 1. The van der Waals surface area contributed by atoms with Crippen LogP contribution in [-0.4, -0.2) is 13.1 Å². The number of rotatable bonds is 7. The molecule has 0 aromatic heterocycles. The number of benzene rings is 2. The number of hydrogen-bond donors (Lipinski definition) is 1. The first-order valence-electron chi connectivity index (χ1n) is 7.61. The number of nitrogens with one attached hydrogen (secondary N) is 1. The topological polar surface area (TPSA) is 12.0 Å². The van der Waals surface area contributed by atoms with Crippen molar-refractivity contribution in [1.82, 2.24) is 5.32 Å². The molecule has 2 rings (SSSR count). The molecule has 0 aliphatic carbocycles. The van der Waals surface area contributed by atoms with Gasteiger partial charge in [-0.25, -0.2) is 0 Å². The molecule has 0 aliphatic rings. The largest absolute Gasteiger partial charge is 0.316 e. The Morgan fingerprint density at radius 2 is 1.65 bits per heavy atom. The minimum atomic E-state index is 0.545. The van der Waals surface area contributed by atoms with Crippen molar-refractivity contribution in [3.63, 3.8) is 0 Å². The SMILES string of the molecule is CCCNCC(Cc1ccccc1C)c1ccccc1. The Hall–Kier alpha value is -1.60. The van der Waals surface area contributed by atoms with Crippen molar-refractivity contribution in [2.75, 3.05) is 13.1 Å². The van der Waals surface area contributed by atoms with Crippen LogP contribution in [0.1, 0.15) is 36.0 Å². The van der Waals surface area contributed by atoms with E-state index in [2.05, 4.69) is 73.8 Å². The van der Waals surface area contributed by atoms with Gasteiger partial charge in [-0.05, 0) is 43.0 Å². The van der Waals surface area contributed by atoms with Crippen LogP contribution in [0, 0.1) is 6.92 Å². The third kappa shape index (κ3) is 4.21. The van der Waals surface area contributed by atoms with E-state index in [-0.39, 0.29) is 0 Å². The van der Waals surface area contributed by atoms with E-state index >= 15 is 0 Å². The van der Waals surface area contributed by atoms with Crippen molar-refractivity contribution in [2.45, 2.75) is 32.6 Å². The summed E-state index contributed by atoms with van der Waals surface area (Å²) < 4.78 is 0. The third-order valence-electron chi connectivity index (χ3n) is 3.82. The molecule has 1 nitrogen and oxygen atoms in total. The van der Waals surface area contributed by atoms with Gasteiger partial charge in [0.25, 0.3) is 0 Å². The van der Waals surface area contributed by atoms with E-state index in [0.29, 0.717) is 5.92 Å². The molecular weight excluding hydrogens is 242 g/mol. The summed E-state index contributed by atoms with van der Waals surface area (Å²) in [5.74, 6) is 0.545. The van der Waals surface area contributed by atoms with Crippen LogP contribution in [-0.2, 0) is 6.42 Å². The normalized spacial score (nSPS) is 12.3. The minimum Gasteiger partial charge on any atom is -0.316 e. The Morgan fingerprint density at radius 1 is 0.950 bits per heavy atom. The molecule has 1 atom stereocenters. The highest BCUT2D eigenvalue weighted by atomic mass is 14.8. The van der Waals surface area contributed by atoms with Crippen LogP contribution in [0.5, 0.6) is 0 Å². The summed E-state index contributed by atoms with van der Waals surface area (Å²) in [6.07, 6.45) is 2.29. The summed E-state index contributed by atoms with van der Waals surface area (Å²) in [6, 6.07) is 19.6. The van der Waals surface area contributed by atoms with E-state index in [1.165, 1.54) is 23.1 Å². The molecule has 0 radical (unpaired) electrons. The second kappa shape index (κ2) is 7.86. The van der Waals surface area contributed by atoms with Gasteiger partial charge in [0.1, 0.15) is 0 Å². The fourth-order valence-corrected chi connectivity index (χ4v) is 2.59. The molecule has 0 amide bonds. The maximum absolute atomic E-state index is 3.57. The van der Waals surface area contributed by atoms with Crippen molar-refractivity contribution in [2.24, 2.45) is 0 Å². The zero-order valence-corrected chi connectivity index (χ0v) is 12.6. The van der Waals surface area contributed by atoms with Crippen LogP contribution in [0.2, 0.25) is 0 Å². The Morgan fingerprint density at radius 3 is 2.35 bits per heavy atom. The monoisotopic (exact) mass is 267 g/mol. The van der Waals surface area contributed by atoms with Gasteiger partial charge in [0.05, 0.1) is 0 Å². The lowest BCUT2D eigenvalue weighted by Crippen LogP contribution is -2.23. The van der Waals surface area contributed by atoms with E-state index in [0.717, 1.165) is 19.5 Å². The van der Waals surface area contributed by atoms with E-state index in [1.807, 2.05) is 0 Å². The van der Waals surface area contributed by atoms with Gasteiger partial charge in [0.2, 0.25) is 0 Å². The lowest BCUT2D eigenvalue weighted by atomic mass is 9.90. The van der Waals surface area contributed by atoms with Gasteiger partial charge in [-0.1, -0.05) is 61.5 Å². The second-order valence-corrected chi connectivity index (χ2v) is 5.44. The minimum absolute atomic E-state index is 0.545. The molecule has 106 valence electrons. The van der Waals surface area contributed by atoms with Gasteiger partial charge < -0.3 is 5.32 Å². The van der Waals surface area contributed by atoms with Crippen LogP contribution < -0.4 is 5.32 Å². The zero-order chi connectivity index (χ0) is 14.2. The van der Waals surface area contributed by atoms with E-state index in [4.69, 9.17) is 0 Å². The molecule has 1 N–H and O–H groups in total. The van der Waals surface area contributed by atoms with Gasteiger partial charge >= 0.3 is 0 Å². The predicted octanol–water partition coefficient (Wildman–Crippen LogP) is 4.32. The average Bonchev–Trinajstić information content (AvgIpc) is 2.49. The van der Waals surface area contributed by atoms with E-state index in [1.54, 1.807) is 0 Å². The second-order valence-electron chi connectivity index (χ2n) is 5.44. The van der Waals surface area contributed by atoms with Gasteiger partial charge in [0, 0.05) is 12.5 Å². The van der Waals surface area contributed by atoms with Crippen molar-refractivity contribution < 1.29 is 0 Å². The summed E-state index contributed by atoms with van der Waals surface area (Å²) in [5, 5.41) is 3.57. The Balaban J connectivity index is 2.12. The molecule has 2 aromatic carbocycles. The first-order valence-corrected chi connectivity index (χ1v) is 7.61. The first-order chi connectivity index (χ1) is 9.81. The first kappa shape index (κ1) is 14.8. The van der Waals surface area contributed by atoms with Crippen LogP contribution in [0.25, 0.3) is 0 Å². The van der Waals surface area contributed by atoms with Gasteiger partial charge in [-0.2, -0.15) is 0 Å². The summed E-state index contributed by atoms with van der Waals surface area (Å²) in [6.45, 7) is 6.56. The smallest absolute Gasteiger partial charge is 0.00233 e. The molecule has 0 bridgehead atoms. The van der Waals surface area contributed by atoms with Crippen molar-refractivity contribution >= 4 is 0 Å². The van der Waals surface area contributed by atoms with Gasteiger partial charge in [-0.3, -0.25) is 0 Å². The maximum atomic E-state index is 3.57.